The smallest absolute Gasteiger partial charge is 0.115 e. The van der Waals surface area contributed by atoms with Gasteiger partial charge < -0.3 is 5.11 Å². The van der Waals surface area contributed by atoms with E-state index in [1.165, 1.54) is 5.56 Å². The number of aromatic nitrogens is 2. The third-order valence-electron chi connectivity index (χ3n) is 2.66. The molecule has 3 nitrogen and oxygen atoms in total. The maximum absolute atomic E-state index is 9.43. The van der Waals surface area contributed by atoms with E-state index < -0.39 is 0 Å². The van der Waals surface area contributed by atoms with Gasteiger partial charge in [-0.25, -0.2) is 9.97 Å². The summed E-state index contributed by atoms with van der Waals surface area (Å²) in [6.45, 7) is 0.165. The minimum absolute atomic E-state index is 0.146. The van der Waals surface area contributed by atoms with E-state index in [0.717, 1.165) is 17.9 Å². The molecule has 1 aromatic heterocycles. The zero-order valence-corrected chi connectivity index (χ0v) is 10.9. The van der Waals surface area contributed by atoms with Gasteiger partial charge in [-0.1, -0.05) is 30.3 Å². The lowest BCUT2D eigenvalue weighted by atomic mass is 10.2. The molecule has 1 atom stereocenters. The number of aliphatic hydroxyl groups is 1. The van der Waals surface area contributed by atoms with Crippen molar-refractivity contribution in [2.75, 3.05) is 12.4 Å². The Morgan fingerprint density at radius 3 is 2.67 bits per heavy atom. The molecule has 0 spiro atoms. The first kappa shape index (κ1) is 13.1. The molecule has 0 fully saturated rings. The molecule has 0 bridgehead atoms. The van der Waals surface area contributed by atoms with Crippen LogP contribution >= 0.6 is 11.8 Å². The predicted molar refractivity (Wildman–Crippen MR) is 74.5 cm³/mol. The van der Waals surface area contributed by atoms with E-state index in [4.69, 9.17) is 0 Å². The average molecular weight is 260 g/mol. The molecule has 0 saturated heterocycles. The van der Waals surface area contributed by atoms with Crippen LogP contribution in [0.5, 0.6) is 0 Å². The SMILES string of the molecule is OCC(SCCc1ccncn1)c1ccccc1. The molecular weight excluding hydrogens is 244 g/mol. The molecule has 1 heterocycles. The molecule has 0 aliphatic carbocycles. The number of thioether (sulfide) groups is 1. The quantitative estimate of drug-likeness (QED) is 0.866. The zero-order valence-electron chi connectivity index (χ0n) is 10.1. The van der Waals surface area contributed by atoms with E-state index in [1.54, 1.807) is 24.3 Å². The number of aliphatic hydroxyl groups excluding tert-OH is 1. The second-order valence-corrected chi connectivity index (χ2v) is 5.21. The lowest BCUT2D eigenvalue weighted by molar-refractivity contribution is 0.296. The molecule has 0 aliphatic heterocycles. The van der Waals surface area contributed by atoms with Crippen LogP contribution in [-0.2, 0) is 6.42 Å². The highest BCUT2D eigenvalue weighted by Crippen LogP contribution is 2.28. The van der Waals surface area contributed by atoms with Gasteiger partial charge in [0, 0.05) is 11.9 Å². The van der Waals surface area contributed by atoms with E-state index in [-0.39, 0.29) is 11.9 Å². The second-order valence-electron chi connectivity index (χ2n) is 3.90. The van der Waals surface area contributed by atoms with Gasteiger partial charge in [0.2, 0.25) is 0 Å². The highest BCUT2D eigenvalue weighted by atomic mass is 32.2. The molecule has 4 heteroatoms. The summed E-state index contributed by atoms with van der Waals surface area (Å²) in [7, 11) is 0. The van der Waals surface area contributed by atoms with E-state index in [0.29, 0.717) is 0 Å². The van der Waals surface area contributed by atoms with Crippen molar-refractivity contribution in [1.29, 1.82) is 0 Å². The Balaban J connectivity index is 1.85. The number of hydrogen-bond acceptors (Lipinski definition) is 4. The second kappa shape index (κ2) is 7.13. The van der Waals surface area contributed by atoms with Gasteiger partial charge >= 0.3 is 0 Å². The van der Waals surface area contributed by atoms with Crippen LogP contribution < -0.4 is 0 Å². The van der Waals surface area contributed by atoms with Gasteiger partial charge in [-0.3, -0.25) is 0 Å². The fourth-order valence-corrected chi connectivity index (χ4v) is 2.76. The highest BCUT2D eigenvalue weighted by Gasteiger charge is 2.10. The van der Waals surface area contributed by atoms with Gasteiger partial charge in [0.1, 0.15) is 6.33 Å². The van der Waals surface area contributed by atoms with Crippen molar-refractivity contribution in [2.24, 2.45) is 0 Å². The first-order valence-corrected chi connectivity index (χ1v) is 6.97. The summed E-state index contributed by atoms with van der Waals surface area (Å²) >= 11 is 1.76. The minimum atomic E-state index is 0.146. The van der Waals surface area contributed by atoms with Gasteiger partial charge in [-0.05, 0) is 23.8 Å². The third-order valence-corrected chi connectivity index (χ3v) is 3.92. The van der Waals surface area contributed by atoms with E-state index in [9.17, 15) is 5.11 Å². The lowest BCUT2D eigenvalue weighted by Crippen LogP contribution is -2.02. The number of benzene rings is 1. The fraction of sp³-hybridized carbons (Fsp3) is 0.286. The summed E-state index contributed by atoms with van der Waals surface area (Å²) in [5.74, 6) is 0.942. The molecule has 0 radical (unpaired) electrons. The van der Waals surface area contributed by atoms with Crippen LogP contribution in [0.15, 0.2) is 48.9 Å². The molecule has 1 unspecified atom stereocenters. The van der Waals surface area contributed by atoms with Gasteiger partial charge in [-0.2, -0.15) is 11.8 Å². The van der Waals surface area contributed by atoms with Crippen LogP contribution in [0.4, 0.5) is 0 Å². The maximum Gasteiger partial charge on any atom is 0.115 e. The molecule has 0 saturated carbocycles. The molecule has 2 rings (SSSR count). The van der Waals surface area contributed by atoms with Crippen LogP contribution in [0.1, 0.15) is 16.5 Å². The van der Waals surface area contributed by atoms with Crippen molar-refractivity contribution in [3.63, 3.8) is 0 Å². The Hall–Kier alpha value is -1.39. The van der Waals surface area contributed by atoms with Gasteiger partial charge in [0.25, 0.3) is 0 Å². The van der Waals surface area contributed by atoms with Gasteiger partial charge in [0.05, 0.1) is 11.9 Å². The summed E-state index contributed by atoms with van der Waals surface area (Å²) in [4.78, 5) is 8.08. The van der Waals surface area contributed by atoms with Crippen LogP contribution in [-0.4, -0.2) is 27.4 Å². The number of nitrogens with zero attached hydrogens (tertiary/aromatic N) is 2. The molecule has 1 aromatic carbocycles. The van der Waals surface area contributed by atoms with Crippen molar-refractivity contribution in [3.8, 4) is 0 Å². The lowest BCUT2D eigenvalue weighted by Gasteiger charge is -2.13. The van der Waals surface area contributed by atoms with E-state index in [2.05, 4.69) is 22.1 Å². The van der Waals surface area contributed by atoms with Crippen LogP contribution in [0.3, 0.4) is 0 Å². The standard InChI is InChI=1S/C14H16N2OS/c17-10-14(12-4-2-1-3-5-12)18-9-7-13-6-8-15-11-16-13/h1-6,8,11,14,17H,7,9-10H2. The summed E-state index contributed by atoms with van der Waals surface area (Å²) in [6, 6.07) is 12.0. The first-order valence-electron chi connectivity index (χ1n) is 5.92. The number of hydrogen-bond donors (Lipinski definition) is 1. The summed E-state index contributed by atoms with van der Waals surface area (Å²) in [6.07, 6.45) is 4.23. The third kappa shape index (κ3) is 3.82. The Morgan fingerprint density at radius 1 is 1.17 bits per heavy atom. The molecule has 0 amide bonds. The molecular formula is C14H16N2OS. The first-order chi connectivity index (χ1) is 8.90. The summed E-state index contributed by atoms with van der Waals surface area (Å²) in [5, 5.41) is 9.58. The van der Waals surface area contributed by atoms with Crippen molar-refractivity contribution >= 4 is 11.8 Å². The van der Waals surface area contributed by atoms with Crippen LogP contribution in [0.2, 0.25) is 0 Å². The molecule has 1 N–H and O–H groups in total. The largest absolute Gasteiger partial charge is 0.395 e. The average Bonchev–Trinajstić information content (AvgIpc) is 2.46. The molecule has 2 aromatic rings. The van der Waals surface area contributed by atoms with Gasteiger partial charge in [0.15, 0.2) is 0 Å². The topological polar surface area (TPSA) is 46.0 Å². The Labute approximate surface area is 111 Å². The van der Waals surface area contributed by atoms with Crippen molar-refractivity contribution in [1.82, 2.24) is 9.97 Å². The van der Waals surface area contributed by atoms with Crippen molar-refractivity contribution < 1.29 is 5.11 Å². The molecule has 0 aliphatic rings. The monoisotopic (exact) mass is 260 g/mol. The van der Waals surface area contributed by atoms with Gasteiger partial charge in [-0.15, -0.1) is 0 Å². The number of rotatable bonds is 6. The van der Waals surface area contributed by atoms with E-state index >= 15 is 0 Å². The van der Waals surface area contributed by atoms with Crippen molar-refractivity contribution in [3.05, 3.63) is 60.2 Å². The van der Waals surface area contributed by atoms with Crippen molar-refractivity contribution in [2.45, 2.75) is 11.7 Å². The van der Waals surface area contributed by atoms with E-state index in [1.807, 2.05) is 24.3 Å². The Kier molecular flexibility index (Phi) is 5.17. The minimum Gasteiger partial charge on any atom is -0.395 e. The highest BCUT2D eigenvalue weighted by molar-refractivity contribution is 7.99. The van der Waals surface area contributed by atoms with Crippen LogP contribution in [0.25, 0.3) is 0 Å². The Bertz CT molecular complexity index is 450. The molecule has 94 valence electrons. The maximum atomic E-state index is 9.43. The predicted octanol–water partition coefficient (Wildman–Crippen LogP) is 2.49. The fourth-order valence-electron chi connectivity index (χ4n) is 1.69. The number of aryl methyl sites for hydroxylation is 1. The zero-order chi connectivity index (χ0) is 12.6. The van der Waals surface area contributed by atoms with Crippen LogP contribution in [0, 0.1) is 0 Å². The molecule has 18 heavy (non-hydrogen) atoms. The Morgan fingerprint density at radius 2 is 2.00 bits per heavy atom. The summed E-state index contributed by atoms with van der Waals surface area (Å²) in [5.41, 5.74) is 2.22. The normalized spacial score (nSPS) is 12.3. The summed E-state index contributed by atoms with van der Waals surface area (Å²) < 4.78 is 0.